The molecule has 0 aliphatic heterocycles. The van der Waals surface area contributed by atoms with Crippen molar-refractivity contribution in [1.82, 2.24) is 10.3 Å². The zero-order valence-corrected chi connectivity index (χ0v) is 19.7. The smallest absolute Gasteiger partial charge is 0.351 e. The van der Waals surface area contributed by atoms with Crippen LogP contribution in [0.2, 0.25) is 0 Å². The van der Waals surface area contributed by atoms with Gasteiger partial charge >= 0.3 is 6.18 Å². The minimum absolute atomic E-state index is 0.00689. The number of carbonyl (C=O) groups is 1. The molecule has 0 radical (unpaired) electrons. The predicted octanol–water partition coefficient (Wildman–Crippen LogP) is 5.28. The fourth-order valence-corrected chi connectivity index (χ4v) is 4.48. The summed E-state index contributed by atoms with van der Waals surface area (Å²) in [6.45, 7) is 1.58. The Morgan fingerprint density at radius 2 is 1.91 bits per heavy atom. The second kappa shape index (κ2) is 10.8. The summed E-state index contributed by atoms with van der Waals surface area (Å²) in [5.74, 6) is -2.03. The molecule has 1 amide bonds. The Labute approximate surface area is 198 Å². The zero-order valence-electron chi connectivity index (χ0n) is 18.9. The first-order valence-electron chi connectivity index (χ1n) is 11.0. The Bertz CT molecular complexity index is 1060. The van der Waals surface area contributed by atoms with Crippen molar-refractivity contribution >= 4 is 22.9 Å². The van der Waals surface area contributed by atoms with Gasteiger partial charge in [0, 0.05) is 25.2 Å². The zero-order chi connectivity index (χ0) is 25.0. The van der Waals surface area contributed by atoms with Crippen LogP contribution in [0.3, 0.4) is 0 Å². The molecule has 1 aromatic heterocycles. The van der Waals surface area contributed by atoms with Crippen molar-refractivity contribution in [3.63, 3.8) is 0 Å². The van der Waals surface area contributed by atoms with E-state index in [1.54, 1.807) is 6.92 Å². The number of alkyl halides is 3. The number of anilines is 1. The summed E-state index contributed by atoms with van der Waals surface area (Å²) in [6, 6.07) is 6.20. The van der Waals surface area contributed by atoms with Gasteiger partial charge in [0.05, 0.1) is 11.6 Å². The van der Waals surface area contributed by atoms with Gasteiger partial charge in [-0.1, -0.05) is 31.4 Å². The molecule has 2 N–H and O–H groups in total. The van der Waals surface area contributed by atoms with Crippen molar-refractivity contribution < 1.29 is 31.1 Å². The minimum atomic E-state index is -4.55. The molecular formula is C23H27F4N3O3S. The highest BCUT2D eigenvalue weighted by Crippen LogP contribution is 2.36. The lowest BCUT2D eigenvalue weighted by molar-refractivity contribution is -0.141. The Kier molecular flexibility index (Phi) is 8.29. The average Bonchev–Trinajstić information content (AvgIpc) is 2.81. The van der Waals surface area contributed by atoms with Crippen LogP contribution >= 0.6 is 0 Å². The van der Waals surface area contributed by atoms with Gasteiger partial charge in [0.1, 0.15) is 11.5 Å². The number of hydrogen-bond donors (Lipinski definition) is 2. The summed E-state index contributed by atoms with van der Waals surface area (Å²) >= 11 is -2.40. The van der Waals surface area contributed by atoms with E-state index in [0.29, 0.717) is 16.8 Å². The highest BCUT2D eigenvalue weighted by molar-refractivity contribution is 7.80. The van der Waals surface area contributed by atoms with Crippen LogP contribution in [0.5, 0.6) is 0 Å². The van der Waals surface area contributed by atoms with E-state index in [-0.39, 0.29) is 18.2 Å². The summed E-state index contributed by atoms with van der Waals surface area (Å²) in [5, 5.41) is 2.73. The first-order valence-corrected chi connectivity index (χ1v) is 12.0. The first kappa shape index (κ1) is 26.1. The molecule has 0 bridgehead atoms. The van der Waals surface area contributed by atoms with Crippen molar-refractivity contribution in [2.75, 3.05) is 11.4 Å². The highest BCUT2D eigenvalue weighted by atomic mass is 32.2. The monoisotopic (exact) mass is 501 g/mol. The van der Waals surface area contributed by atoms with Crippen LogP contribution in [0, 0.1) is 5.82 Å². The second-order valence-corrected chi connectivity index (χ2v) is 9.46. The lowest BCUT2D eigenvalue weighted by atomic mass is 9.84. The molecule has 1 saturated carbocycles. The Morgan fingerprint density at radius 3 is 2.50 bits per heavy atom. The summed E-state index contributed by atoms with van der Waals surface area (Å²) < 4.78 is 75.2. The number of benzene rings is 1. The van der Waals surface area contributed by atoms with E-state index in [9.17, 15) is 26.6 Å². The van der Waals surface area contributed by atoms with Gasteiger partial charge in [-0.05, 0) is 49.1 Å². The molecule has 34 heavy (non-hydrogen) atoms. The highest BCUT2D eigenvalue weighted by Gasteiger charge is 2.34. The van der Waals surface area contributed by atoms with Gasteiger partial charge in [-0.15, -0.1) is 0 Å². The lowest BCUT2D eigenvalue weighted by Gasteiger charge is -2.24. The largest absolute Gasteiger partial charge is 0.433 e. The number of halogens is 4. The molecule has 2 aromatic rings. The Hall–Kier alpha value is -2.53. The second-order valence-electron chi connectivity index (χ2n) is 8.45. The number of amides is 1. The van der Waals surface area contributed by atoms with Crippen molar-refractivity contribution in [3.05, 3.63) is 58.7 Å². The third-order valence-corrected chi connectivity index (χ3v) is 6.85. The van der Waals surface area contributed by atoms with Crippen LogP contribution in [0.25, 0.3) is 0 Å². The molecule has 1 heterocycles. The predicted molar refractivity (Wildman–Crippen MR) is 121 cm³/mol. The van der Waals surface area contributed by atoms with E-state index in [4.69, 9.17) is 4.55 Å². The Balaban J connectivity index is 1.76. The van der Waals surface area contributed by atoms with E-state index in [0.717, 1.165) is 48.5 Å². The molecule has 11 heteroatoms. The van der Waals surface area contributed by atoms with E-state index < -0.39 is 40.8 Å². The lowest BCUT2D eigenvalue weighted by Crippen LogP contribution is -2.29. The molecule has 0 spiro atoms. The molecule has 2 atom stereocenters. The molecule has 6 nitrogen and oxygen atoms in total. The number of pyridine rings is 1. The molecule has 1 fully saturated rings. The number of nitrogens with zero attached hydrogens (tertiary/aromatic N) is 2. The van der Waals surface area contributed by atoms with Gasteiger partial charge in [-0.25, -0.2) is 13.6 Å². The van der Waals surface area contributed by atoms with Gasteiger partial charge in [-0.2, -0.15) is 13.2 Å². The van der Waals surface area contributed by atoms with Crippen molar-refractivity contribution in [3.8, 4) is 0 Å². The van der Waals surface area contributed by atoms with Crippen molar-refractivity contribution in [2.45, 2.75) is 63.6 Å². The van der Waals surface area contributed by atoms with E-state index >= 15 is 0 Å². The topological polar surface area (TPSA) is 82.5 Å². The number of hydrogen-bond acceptors (Lipinski definition) is 3. The molecule has 186 valence electrons. The third-order valence-electron chi connectivity index (χ3n) is 6.19. The molecule has 3 rings (SSSR count). The maximum Gasteiger partial charge on any atom is 0.433 e. The van der Waals surface area contributed by atoms with Crippen LogP contribution in [0.15, 0.2) is 30.3 Å². The number of aromatic nitrogens is 1. The summed E-state index contributed by atoms with van der Waals surface area (Å²) in [4.78, 5) is 16.7. The van der Waals surface area contributed by atoms with Gasteiger partial charge in [0.2, 0.25) is 5.91 Å². The minimum Gasteiger partial charge on any atom is -0.351 e. The third kappa shape index (κ3) is 6.12. The molecule has 1 aliphatic carbocycles. The van der Waals surface area contributed by atoms with Crippen LogP contribution < -0.4 is 9.62 Å². The number of carbonyl (C=O) groups excluding carboxylic acids is 1. The van der Waals surface area contributed by atoms with E-state index in [1.807, 2.05) is 0 Å². The number of nitrogens with one attached hydrogen (secondary N) is 1. The van der Waals surface area contributed by atoms with Gasteiger partial charge in [0.15, 0.2) is 0 Å². The molecular weight excluding hydrogens is 474 g/mol. The van der Waals surface area contributed by atoms with E-state index in [1.165, 1.54) is 25.2 Å². The summed E-state index contributed by atoms with van der Waals surface area (Å²) in [5.41, 5.74) is 0.229. The summed E-state index contributed by atoms with van der Waals surface area (Å²) in [7, 11) is 1.26. The fourth-order valence-electron chi connectivity index (χ4n) is 4.16. The van der Waals surface area contributed by atoms with Crippen LogP contribution in [0.4, 0.5) is 23.2 Å². The molecule has 0 saturated heterocycles. The van der Waals surface area contributed by atoms with Crippen LogP contribution in [0.1, 0.15) is 73.4 Å². The molecule has 1 aliphatic rings. The average molecular weight is 502 g/mol. The van der Waals surface area contributed by atoms with Crippen molar-refractivity contribution in [2.24, 2.45) is 0 Å². The van der Waals surface area contributed by atoms with Crippen LogP contribution in [-0.2, 0) is 28.8 Å². The standard InChI is InChI=1S/C23H27F4N3O3S/c1-14(16-8-10-19(18(24)12-16)30(2)34(32)33)22(31)28-13-17-9-11-20(23(25,26)27)29-21(17)15-6-4-3-5-7-15/h8-12,14-15H,3-7,13H2,1-2H3,(H,28,31)(H,32,33). The quantitative estimate of drug-likeness (QED) is 0.400. The molecule has 1 aromatic carbocycles. The van der Waals surface area contributed by atoms with Gasteiger partial charge in [0.25, 0.3) is 11.3 Å². The molecule has 2 unspecified atom stereocenters. The fraction of sp³-hybridized carbons (Fsp3) is 0.478. The normalized spacial score (nSPS) is 16.7. The maximum atomic E-state index is 14.4. The van der Waals surface area contributed by atoms with Gasteiger partial charge < -0.3 is 5.32 Å². The van der Waals surface area contributed by atoms with Gasteiger partial charge in [-0.3, -0.25) is 13.7 Å². The van der Waals surface area contributed by atoms with Crippen LogP contribution in [-0.4, -0.2) is 26.7 Å². The SMILES string of the molecule is CC(C(=O)NCc1ccc(C(F)(F)F)nc1C1CCCCC1)c1ccc(N(C)S(=O)O)c(F)c1. The number of rotatable bonds is 7. The van der Waals surface area contributed by atoms with Crippen molar-refractivity contribution in [1.29, 1.82) is 0 Å². The maximum absolute atomic E-state index is 14.4. The summed E-state index contributed by atoms with van der Waals surface area (Å²) in [6.07, 6.45) is -0.155. The van der Waals surface area contributed by atoms with E-state index in [2.05, 4.69) is 10.3 Å². The first-order chi connectivity index (χ1) is 16.0. The Morgan fingerprint density at radius 1 is 1.24 bits per heavy atom.